The molecule has 16 heavy (non-hydrogen) atoms. The fraction of sp³-hybridized carbons (Fsp3) is 0.364. The number of carbonyl (C=O) groups excluding carboxylic acids is 1. The van der Waals surface area contributed by atoms with Crippen LogP contribution in [-0.4, -0.2) is 31.5 Å². The van der Waals surface area contributed by atoms with Crippen LogP contribution in [0.4, 0.5) is 0 Å². The molecule has 0 atom stereocenters. The van der Waals surface area contributed by atoms with Crippen LogP contribution in [0.3, 0.4) is 0 Å². The minimum atomic E-state index is -0.0953. The van der Waals surface area contributed by atoms with Crippen molar-refractivity contribution in [3.63, 3.8) is 0 Å². The topological polar surface area (TPSA) is 55.6 Å². The number of nitrogens with two attached hydrogens (primary N) is 1. The maximum absolute atomic E-state index is 11.3. The van der Waals surface area contributed by atoms with E-state index in [1.807, 2.05) is 18.2 Å². The molecule has 1 rings (SSSR count). The molecule has 0 aliphatic rings. The van der Waals surface area contributed by atoms with Gasteiger partial charge in [0.2, 0.25) is 5.91 Å². The van der Waals surface area contributed by atoms with Crippen LogP contribution in [0.25, 0.3) is 0 Å². The van der Waals surface area contributed by atoms with Gasteiger partial charge in [-0.25, -0.2) is 0 Å². The number of amides is 1. The molecule has 0 heterocycles. The molecule has 1 amide bonds. The average molecular weight is 287 g/mol. The van der Waals surface area contributed by atoms with Gasteiger partial charge in [0.05, 0.1) is 13.7 Å². The third-order valence-electron chi connectivity index (χ3n) is 2.25. The molecule has 1 aromatic rings. The monoisotopic (exact) mass is 286 g/mol. The highest BCUT2D eigenvalue weighted by atomic mass is 79.9. The summed E-state index contributed by atoms with van der Waals surface area (Å²) in [6.07, 6.45) is 0. The van der Waals surface area contributed by atoms with Gasteiger partial charge in [-0.1, -0.05) is 15.9 Å². The molecular weight excluding hydrogens is 272 g/mol. The summed E-state index contributed by atoms with van der Waals surface area (Å²) in [7, 11) is 3.33. The molecule has 0 aliphatic heterocycles. The maximum atomic E-state index is 11.3. The van der Waals surface area contributed by atoms with Crippen molar-refractivity contribution in [2.45, 2.75) is 6.54 Å². The number of nitrogens with zero attached hydrogens (tertiary/aromatic N) is 1. The van der Waals surface area contributed by atoms with Crippen LogP contribution in [0.15, 0.2) is 22.7 Å². The minimum absolute atomic E-state index is 0.0207. The first-order chi connectivity index (χ1) is 7.58. The Bertz CT molecular complexity index is 382. The second-order valence-electron chi connectivity index (χ2n) is 3.41. The zero-order valence-corrected chi connectivity index (χ0v) is 11.0. The quantitative estimate of drug-likeness (QED) is 0.910. The molecule has 2 N–H and O–H groups in total. The summed E-state index contributed by atoms with van der Waals surface area (Å²) < 4.78 is 6.18. The van der Waals surface area contributed by atoms with Crippen molar-refractivity contribution >= 4 is 21.8 Å². The normalized spacial score (nSPS) is 10.0. The predicted octanol–water partition coefficient (Wildman–Crippen LogP) is 1.37. The van der Waals surface area contributed by atoms with E-state index >= 15 is 0 Å². The minimum Gasteiger partial charge on any atom is -0.496 e. The van der Waals surface area contributed by atoms with Crippen LogP contribution in [0.1, 0.15) is 5.56 Å². The van der Waals surface area contributed by atoms with Gasteiger partial charge < -0.3 is 15.4 Å². The smallest absolute Gasteiger partial charge is 0.236 e. The first-order valence-electron chi connectivity index (χ1n) is 4.85. The van der Waals surface area contributed by atoms with Gasteiger partial charge in [0, 0.05) is 23.6 Å². The standard InChI is InChI=1S/C11H15BrN2O2/c1-14(11(15)6-13)7-8-5-9(12)3-4-10(8)16-2/h3-5H,6-7,13H2,1-2H3. The lowest BCUT2D eigenvalue weighted by Gasteiger charge is -2.18. The van der Waals surface area contributed by atoms with Gasteiger partial charge in [-0.2, -0.15) is 0 Å². The molecule has 0 radical (unpaired) electrons. The van der Waals surface area contributed by atoms with E-state index < -0.39 is 0 Å². The number of halogens is 1. The third-order valence-corrected chi connectivity index (χ3v) is 2.74. The highest BCUT2D eigenvalue weighted by Crippen LogP contribution is 2.23. The van der Waals surface area contributed by atoms with Crippen molar-refractivity contribution in [1.29, 1.82) is 0 Å². The zero-order valence-electron chi connectivity index (χ0n) is 9.37. The van der Waals surface area contributed by atoms with Crippen LogP contribution in [-0.2, 0) is 11.3 Å². The molecule has 5 heteroatoms. The fourth-order valence-electron chi connectivity index (χ4n) is 1.37. The van der Waals surface area contributed by atoms with Crippen LogP contribution in [0.5, 0.6) is 5.75 Å². The van der Waals surface area contributed by atoms with Crippen molar-refractivity contribution in [2.75, 3.05) is 20.7 Å². The number of methoxy groups -OCH3 is 1. The highest BCUT2D eigenvalue weighted by molar-refractivity contribution is 9.10. The molecule has 0 unspecified atom stereocenters. The zero-order chi connectivity index (χ0) is 12.1. The predicted molar refractivity (Wildman–Crippen MR) is 66.2 cm³/mol. The molecule has 0 saturated carbocycles. The Hall–Kier alpha value is -1.07. The summed E-state index contributed by atoms with van der Waals surface area (Å²) in [4.78, 5) is 12.9. The van der Waals surface area contributed by atoms with E-state index in [9.17, 15) is 4.79 Å². The van der Waals surface area contributed by atoms with Crippen molar-refractivity contribution < 1.29 is 9.53 Å². The van der Waals surface area contributed by atoms with Gasteiger partial charge in [0.15, 0.2) is 0 Å². The summed E-state index contributed by atoms with van der Waals surface area (Å²) in [5.41, 5.74) is 6.24. The summed E-state index contributed by atoms with van der Waals surface area (Å²) in [6.45, 7) is 0.505. The number of benzene rings is 1. The highest BCUT2D eigenvalue weighted by Gasteiger charge is 2.10. The van der Waals surface area contributed by atoms with Crippen molar-refractivity contribution in [3.05, 3.63) is 28.2 Å². The average Bonchev–Trinajstić information content (AvgIpc) is 2.28. The van der Waals surface area contributed by atoms with E-state index in [1.165, 1.54) is 0 Å². The van der Waals surface area contributed by atoms with E-state index in [-0.39, 0.29) is 12.5 Å². The second kappa shape index (κ2) is 5.86. The Morgan fingerprint density at radius 2 is 2.25 bits per heavy atom. The lowest BCUT2D eigenvalue weighted by Crippen LogP contribution is -2.32. The molecule has 0 spiro atoms. The molecule has 0 aliphatic carbocycles. The van der Waals surface area contributed by atoms with E-state index in [1.54, 1.807) is 19.1 Å². The molecular formula is C11H15BrN2O2. The summed E-state index contributed by atoms with van der Waals surface area (Å²) >= 11 is 3.39. The van der Waals surface area contributed by atoms with Crippen LogP contribution >= 0.6 is 15.9 Å². The first-order valence-corrected chi connectivity index (χ1v) is 5.64. The Kier molecular flexibility index (Phi) is 4.76. The van der Waals surface area contributed by atoms with E-state index in [4.69, 9.17) is 10.5 Å². The molecule has 4 nitrogen and oxygen atoms in total. The summed E-state index contributed by atoms with van der Waals surface area (Å²) in [5.74, 6) is 0.668. The number of rotatable bonds is 4. The van der Waals surface area contributed by atoms with Gasteiger partial charge in [0.1, 0.15) is 5.75 Å². The molecule has 0 bridgehead atoms. The second-order valence-corrected chi connectivity index (χ2v) is 4.33. The molecule has 1 aromatic carbocycles. The third kappa shape index (κ3) is 3.21. The summed E-state index contributed by atoms with van der Waals surface area (Å²) in [6, 6.07) is 5.69. The van der Waals surface area contributed by atoms with Crippen molar-refractivity contribution in [1.82, 2.24) is 4.90 Å². The number of hydrogen-bond acceptors (Lipinski definition) is 3. The number of likely N-dealkylation sites (N-methyl/N-ethyl adjacent to an activating group) is 1. The fourth-order valence-corrected chi connectivity index (χ4v) is 1.78. The Morgan fingerprint density at radius 1 is 1.56 bits per heavy atom. The lowest BCUT2D eigenvalue weighted by atomic mass is 10.2. The van der Waals surface area contributed by atoms with Gasteiger partial charge in [-0.05, 0) is 18.2 Å². The number of hydrogen-bond donors (Lipinski definition) is 1. The van der Waals surface area contributed by atoms with Gasteiger partial charge >= 0.3 is 0 Å². The molecule has 0 fully saturated rings. The SMILES string of the molecule is COc1ccc(Br)cc1CN(C)C(=O)CN. The van der Waals surface area contributed by atoms with Crippen LogP contribution < -0.4 is 10.5 Å². The van der Waals surface area contributed by atoms with Gasteiger partial charge in [0.25, 0.3) is 0 Å². The molecule has 0 aromatic heterocycles. The van der Waals surface area contributed by atoms with E-state index in [0.29, 0.717) is 6.54 Å². The summed E-state index contributed by atoms with van der Waals surface area (Å²) in [5, 5.41) is 0. The Balaban J connectivity index is 2.86. The Labute approximate surface area is 103 Å². The first kappa shape index (κ1) is 13.0. The van der Waals surface area contributed by atoms with Crippen molar-refractivity contribution in [2.24, 2.45) is 5.73 Å². The van der Waals surface area contributed by atoms with Crippen LogP contribution in [0.2, 0.25) is 0 Å². The van der Waals surface area contributed by atoms with Gasteiger partial charge in [-0.3, -0.25) is 4.79 Å². The molecule has 88 valence electrons. The van der Waals surface area contributed by atoms with Crippen molar-refractivity contribution in [3.8, 4) is 5.75 Å². The van der Waals surface area contributed by atoms with Crippen LogP contribution in [0, 0.1) is 0 Å². The Morgan fingerprint density at radius 3 is 2.81 bits per heavy atom. The largest absolute Gasteiger partial charge is 0.496 e. The maximum Gasteiger partial charge on any atom is 0.236 e. The van der Waals surface area contributed by atoms with E-state index in [2.05, 4.69) is 15.9 Å². The molecule has 0 saturated heterocycles. The van der Waals surface area contributed by atoms with Gasteiger partial charge in [-0.15, -0.1) is 0 Å². The number of carbonyl (C=O) groups is 1. The lowest BCUT2D eigenvalue weighted by molar-refractivity contribution is -0.128. The van der Waals surface area contributed by atoms with E-state index in [0.717, 1.165) is 15.8 Å². The number of ether oxygens (including phenoxy) is 1.